The van der Waals surface area contributed by atoms with Crippen LogP contribution in [0.2, 0.25) is 5.02 Å². The topological polar surface area (TPSA) is 54.7 Å². The summed E-state index contributed by atoms with van der Waals surface area (Å²) in [4.78, 5) is 15.1. The van der Waals surface area contributed by atoms with Crippen LogP contribution in [0.1, 0.15) is 72.9 Å². The normalized spacial score (nSPS) is 23.7. The van der Waals surface area contributed by atoms with Crippen LogP contribution >= 0.6 is 11.6 Å². The molecular formula is C24H31ClN2O3. The number of furan rings is 1. The molecule has 2 aliphatic rings. The summed E-state index contributed by atoms with van der Waals surface area (Å²) in [7, 11) is 2.20. The highest BCUT2D eigenvalue weighted by Crippen LogP contribution is 2.35. The van der Waals surface area contributed by atoms with Gasteiger partial charge in [0.25, 0.3) is 5.91 Å². The number of hydrogen-bond acceptors (Lipinski definition) is 4. The number of piperidine rings is 1. The second-order valence-electron chi connectivity index (χ2n) is 9.04. The molecule has 2 aliphatic heterocycles. The van der Waals surface area contributed by atoms with Gasteiger partial charge in [0.15, 0.2) is 5.76 Å². The molecule has 1 aromatic heterocycles. The van der Waals surface area contributed by atoms with Crippen molar-refractivity contribution in [1.82, 2.24) is 10.2 Å². The molecule has 2 unspecified atom stereocenters. The van der Waals surface area contributed by atoms with Crippen molar-refractivity contribution in [1.29, 1.82) is 0 Å². The lowest BCUT2D eigenvalue weighted by Gasteiger charge is -2.36. The van der Waals surface area contributed by atoms with Crippen LogP contribution in [0.3, 0.4) is 0 Å². The van der Waals surface area contributed by atoms with Gasteiger partial charge in [-0.25, -0.2) is 0 Å². The number of ether oxygens (including phenoxy) is 1. The molecule has 2 saturated heterocycles. The molecule has 0 radical (unpaired) electrons. The Morgan fingerprint density at radius 3 is 2.63 bits per heavy atom. The molecule has 30 heavy (non-hydrogen) atoms. The third-order valence-corrected chi connectivity index (χ3v) is 7.01. The van der Waals surface area contributed by atoms with Gasteiger partial charge in [-0.05, 0) is 81.0 Å². The van der Waals surface area contributed by atoms with Crippen LogP contribution in [0.15, 0.2) is 28.7 Å². The summed E-state index contributed by atoms with van der Waals surface area (Å²) in [6, 6.07) is 8.87. The van der Waals surface area contributed by atoms with Crippen LogP contribution in [-0.2, 0) is 6.61 Å². The van der Waals surface area contributed by atoms with Crippen molar-refractivity contribution >= 4 is 17.5 Å². The molecule has 1 aromatic carbocycles. The van der Waals surface area contributed by atoms with Crippen molar-refractivity contribution in [3.05, 3.63) is 51.9 Å². The molecule has 162 valence electrons. The largest absolute Gasteiger partial charge is 0.485 e. The van der Waals surface area contributed by atoms with E-state index >= 15 is 0 Å². The minimum Gasteiger partial charge on any atom is -0.485 e. The van der Waals surface area contributed by atoms with Crippen molar-refractivity contribution in [3.63, 3.8) is 0 Å². The summed E-state index contributed by atoms with van der Waals surface area (Å²) in [5.74, 6) is 1.93. The van der Waals surface area contributed by atoms with Crippen molar-refractivity contribution in [2.75, 3.05) is 7.05 Å². The lowest BCUT2D eigenvalue weighted by Crippen LogP contribution is -2.48. The van der Waals surface area contributed by atoms with Gasteiger partial charge in [0, 0.05) is 23.1 Å². The number of amides is 1. The Hall–Kier alpha value is -1.98. The first-order valence-corrected chi connectivity index (χ1v) is 11.2. The molecule has 6 heteroatoms. The molecular weight excluding hydrogens is 400 g/mol. The van der Waals surface area contributed by atoms with Crippen LogP contribution in [0.25, 0.3) is 0 Å². The number of benzene rings is 1. The number of rotatable bonds is 6. The molecule has 2 fully saturated rings. The Kier molecular flexibility index (Phi) is 6.12. The van der Waals surface area contributed by atoms with Gasteiger partial charge >= 0.3 is 0 Å². The van der Waals surface area contributed by atoms with E-state index in [1.807, 2.05) is 25.1 Å². The lowest BCUT2D eigenvalue weighted by atomic mass is 9.98. The van der Waals surface area contributed by atoms with E-state index in [4.69, 9.17) is 20.8 Å². The average molecular weight is 431 g/mol. The zero-order valence-corrected chi connectivity index (χ0v) is 19.0. The molecule has 0 spiro atoms. The monoisotopic (exact) mass is 430 g/mol. The summed E-state index contributed by atoms with van der Waals surface area (Å²) in [6.45, 7) is 6.45. The molecule has 0 aliphatic carbocycles. The second-order valence-corrected chi connectivity index (χ2v) is 9.45. The SMILES string of the molecule is Cc1cc(OCc2ccc(C(=O)NC3CC4CCC(C3)N4C)o2)c(C(C)C)cc1Cl. The lowest BCUT2D eigenvalue weighted by molar-refractivity contribution is 0.0851. The van der Waals surface area contributed by atoms with Gasteiger partial charge in [0.05, 0.1) is 0 Å². The number of carbonyl (C=O) groups is 1. The van der Waals surface area contributed by atoms with Gasteiger partial charge < -0.3 is 19.4 Å². The minimum absolute atomic E-state index is 0.139. The summed E-state index contributed by atoms with van der Waals surface area (Å²) in [6.07, 6.45) is 4.50. The number of hydrogen-bond donors (Lipinski definition) is 1. The Morgan fingerprint density at radius 2 is 1.97 bits per heavy atom. The van der Waals surface area contributed by atoms with Gasteiger partial charge in [-0.15, -0.1) is 0 Å². The van der Waals surface area contributed by atoms with Gasteiger partial charge in [0.2, 0.25) is 0 Å². The van der Waals surface area contributed by atoms with Crippen molar-refractivity contribution in [2.24, 2.45) is 0 Å². The van der Waals surface area contributed by atoms with E-state index in [1.54, 1.807) is 6.07 Å². The molecule has 1 amide bonds. The summed E-state index contributed by atoms with van der Waals surface area (Å²) in [5.41, 5.74) is 2.04. The van der Waals surface area contributed by atoms with Gasteiger partial charge in [-0.3, -0.25) is 4.79 Å². The number of nitrogens with zero attached hydrogens (tertiary/aromatic N) is 1. The fourth-order valence-electron chi connectivity index (χ4n) is 4.76. The van der Waals surface area contributed by atoms with Gasteiger partial charge in [-0.1, -0.05) is 25.4 Å². The first kappa shape index (κ1) is 21.3. The Balaban J connectivity index is 1.37. The van der Waals surface area contributed by atoms with Crippen molar-refractivity contribution < 1.29 is 13.9 Å². The number of fused-ring (bicyclic) bond motifs is 2. The quantitative estimate of drug-likeness (QED) is 0.675. The number of halogens is 1. The Labute approximate surface area is 183 Å². The Morgan fingerprint density at radius 1 is 1.27 bits per heavy atom. The maximum Gasteiger partial charge on any atom is 0.287 e. The molecule has 2 aromatic rings. The molecule has 1 N–H and O–H groups in total. The van der Waals surface area contributed by atoms with Crippen LogP contribution < -0.4 is 10.1 Å². The number of aryl methyl sites for hydroxylation is 1. The average Bonchev–Trinajstić information content (AvgIpc) is 3.24. The molecule has 4 rings (SSSR count). The first-order valence-electron chi connectivity index (χ1n) is 10.9. The maximum absolute atomic E-state index is 12.7. The molecule has 5 nitrogen and oxygen atoms in total. The van der Waals surface area contributed by atoms with Crippen molar-refractivity contribution in [2.45, 2.75) is 77.1 Å². The van der Waals surface area contributed by atoms with Crippen LogP contribution in [0.5, 0.6) is 5.75 Å². The van der Waals surface area contributed by atoms with Gasteiger partial charge in [0.1, 0.15) is 18.1 Å². The number of carbonyl (C=O) groups excluding carboxylic acids is 1. The zero-order valence-electron chi connectivity index (χ0n) is 18.2. The van der Waals surface area contributed by atoms with E-state index in [9.17, 15) is 4.79 Å². The van der Waals surface area contributed by atoms with E-state index in [0.29, 0.717) is 29.5 Å². The smallest absolute Gasteiger partial charge is 0.287 e. The molecule has 2 atom stereocenters. The molecule has 2 bridgehead atoms. The first-order chi connectivity index (χ1) is 14.3. The minimum atomic E-state index is -0.139. The third-order valence-electron chi connectivity index (χ3n) is 6.60. The van der Waals surface area contributed by atoms with E-state index in [-0.39, 0.29) is 18.6 Å². The second kappa shape index (κ2) is 8.64. The fraction of sp³-hybridized carbons (Fsp3) is 0.542. The predicted molar refractivity (Wildman–Crippen MR) is 118 cm³/mol. The molecule has 0 saturated carbocycles. The molecule has 3 heterocycles. The number of nitrogens with one attached hydrogen (secondary N) is 1. The summed E-state index contributed by atoms with van der Waals surface area (Å²) >= 11 is 6.27. The fourth-order valence-corrected chi connectivity index (χ4v) is 4.93. The van der Waals surface area contributed by atoms with Crippen LogP contribution in [0.4, 0.5) is 0 Å². The van der Waals surface area contributed by atoms with Crippen LogP contribution in [-0.4, -0.2) is 36.0 Å². The zero-order chi connectivity index (χ0) is 21.4. The third kappa shape index (κ3) is 4.37. The van der Waals surface area contributed by atoms with E-state index in [1.165, 1.54) is 12.8 Å². The van der Waals surface area contributed by atoms with Crippen LogP contribution in [0, 0.1) is 6.92 Å². The van der Waals surface area contributed by atoms with E-state index in [0.717, 1.165) is 34.7 Å². The highest BCUT2D eigenvalue weighted by atomic mass is 35.5. The van der Waals surface area contributed by atoms with E-state index < -0.39 is 0 Å². The maximum atomic E-state index is 12.7. The van der Waals surface area contributed by atoms with E-state index in [2.05, 4.69) is 31.1 Å². The highest BCUT2D eigenvalue weighted by molar-refractivity contribution is 6.31. The summed E-state index contributed by atoms with van der Waals surface area (Å²) in [5, 5.41) is 3.91. The Bertz CT molecular complexity index is 909. The van der Waals surface area contributed by atoms with Crippen molar-refractivity contribution in [3.8, 4) is 5.75 Å². The highest BCUT2D eigenvalue weighted by Gasteiger charge is 2.39. The standard InChI is InChI=1S/C24H31ClN2O3/c1-14(2)20-12-21(25)15(3)9-23(20)29-13-19-7-8-22(30-19)24(28)26-16-10-17-5-6-18(11-16)27(17)4/h7-9,12,14,16-18H,5-6,10-11,13H2,1-4H3,(H,26,28). The van der Waals surface area contributed by atoms with Gasteiger partial charge in [-0.2, -0.15) is 0 Å². The summed E-state index contributed by atoms with van der Waals surface area (Å²) < 4.78 is 11.8. The predicted octanol–water partition coefficient (Wildman–Crippen LogP) is 5.30.